The highest BCUT2D eigenvalue weighted by atomic mass is 16.5. The van der Waals surface area contributed by atoms with Gasteiger partial charge in [0.1, 0.15) is 11.6 Å². The standard InChI is InChI=1S/C39H75NO3.C13H26/c1-4-6-8-10-13-19-26-37(27-20-14-11-9-7-5-2)30-31-39(42)29-21-15-12-16-23-34-43-35-38-28-24-33-40(38)32-22-17-18-25-36(3)41;1-3-5-7-9-11-13-12-10-8-6-4-2/h37-38H,4-35H2,1-3H3;3H,1,4-13H2,2H3/t38-;/m0./s1. The van der Waals surface area contributed by atoms with Gasteiger partial charge in [0.15, 0.2) is 0 Å². The van der Waals surface area contributed by atoms with Crippen LogP contribution in [0.2, 0.25) is 0 Å². The Labute approximate surface area is 352 Å². The minimum absolute atomic E-state index is 0.317. The second-order valence-electron chi connectivity index (χ2n) is 17.9. The third-order valence-corrected chi connectivity index (χ3v) is 12.3. The summed E-state index contributed by atoms with van der Waals surface area (Å²) in [5.74, 6) is 1.60. The Bertz CT molecular complexity index is 811. The van der Waals surface area contributed by atoms with Crippen molar-refractivity contribution in [2.75, 3.05) is 26.3 Å². The van der Waals surface area contributed by atoms with Gasteiger partial charge in [-0.3, -0.25) is 9.69 Å². The van der Waals surface area contributed by atoms with Crippen LogP contribution in [-0.2, 0) is 14.3 Å². The third kappa shape index (κ3) is 39.8. The molecule has 1 fully saturated rings. The van der Waals surface area contributed by atoms with Gasteiger partial charge in [0, 0.05) is 31.9 Å². The molecule has 0 N–H and O–H groups in total. The Morgan fingerprint density at radius 2 is 1.07 bits per heavy atom. The van der Waals surface area contributed by atoms with Crippen molar-refractivity contribution in [3.63, 3.8) is 0 Å². The van der Waals surface area contributed by atoms with Gasteiger partial charge in [-0.25, -0.2) is 0 Å². The number of rotatable bonds is 43. The van der Waals surface area contributed by atoms with Gasteiger partial charge in [-0.15, -0.1) is 6.58 Å². The number of Topliss-reactive ketones (excluding diaryl/α,β-unsaturated/α-hetero) is 2. The molecule has 1 aliphatic heterocycles. The lowest BCUT2D eigenvalue weighted by Gasteiger charge is -2.24. The van der Waals surface area contributed by atoms with Gasteiger partial charge in [0.05, 0.1) is 6.61 Å². The summed E-state index contributed by atoms with van der Waals surface area (Å²) in [6.07, 6.45) is 50.5. The predicted molar refractivity (Wildman–Crippen MR) is 248 cm³/mol. The monoisotopic (exact) mass is 788 g/mol. The molecule has 1 atom stereocenters. The molecule has 4 heteroatoms. The lowest BCUT2D eigenvalue weighted by Crippen LogP contribution is -2.34. The summed E-state index contributed by atoms with van der Waals surface area (Å²) in [6.45, 7) is 16.4. The fourth-order valence-electron chi connectivity index (χ4n) is 8.47. The van der Waals surface area contributed by atoms with E-state index < -0.39 is 0 Å². The van der Waals surface area contributed by atoms with E-state index in [0.717, 1.165) is 77.0 Å². The van der Waals surface area contributed by atoms with Crippen molar-refractivity contribution in [2.45, 2.75) is 278 Å². The van der Waals surface area contributed by atoms with E-state index in [4.69, 9.17) is 4.74 Å². The highest BCUT2D eigenvalue weighted by Crippen LogP contribution is 2.24. The molecule has 1 rings (SSSR count). The van der Waals surface area contributed by atoms with Gasteiger partial charge in [-0.1, -0.05) is 194 Å². The number of carbonyl (C=O) groups excluding carboxylic acids is 2. The van der Waals surface area contributed by atoms with Gasteiger partial charge in [0.25, 0.3) is 0 Å². The molecule has 0 amide bonds. The molecule has 0 aromatic carbocycles. The van der Waals surface area contributed by atoms with Crippen LogP contribution in [0.15, 0.2) is 12.7 Å². The maximum atomic E-state index is 12.7. The normalized spacial score (nSPS) is 14.3. The Morgan fingerprint density at radius 1 is 0.589 bits per heavy atom. The van der Waals surface area contributed by atoms with E-state index in [2.05, 4.69) is 32.3 Å². The number of likely N-dealkylation sites (tertiary alicyclic amines) is 1. The van der Waals surface area contributed by atoms with E-state index in [1.165, 1.54) is 199 Å². The lowest BCUT2D eigenvalue weighted by atomic mass is 9.89. The van der Waals surface area contributed by atoms with Crippen molar-refractivity contribution in [2.24, 2.45) is 5.92 Å². The Morgan fingerprint density at radius 3 is 1.62 bits per heavy atom. The quantitative estimate of drug-likeness (QED) is 0.0456. The highest BCUT2D eigenvalue weighted by Gasteiger charge is 2.23. The van der Waals surface area contributed by atoms with Crippen LogP contribution in [0, 0.1) is 5.92 Å². The summed E-state index contributed by atoms with van der Waals surface area (Å²) in [4.78, 5) is 26.4. The first kappa shape index (κ1) is 55.0. The zero-order chi connectivity index (χ0) is 41.0. The minimum Gasteiger partial charge on any atom is -0.380 e. The summed E-state index contributed by atoms with van der Waals surface area (Å²) < 4.78 is 6.07. The Balaban J connectivity index is 0.00000197. The van der Waals surface area contributed by atoms with Crippen LogP contribution in [0.5, 0.6) is 0 Å². The van der Waals surface area contributed by atoms with E-state index in [-0.39, 0.29) is 0 Å². The third-order valence-electron chi connectivity index (χ3n) is 12.3. The molecule has 332 valence electrons. The van der Waals surface area contributed by atoms with Crippen LogP contribution in [0.25, 0.3) is 0 Å². The van der Waals surface area contributed by atoms with Crippen molar-refractivity contribution in [1.29, 1.82) is 0 Å². The number of hydrogen-bond donors (Lipinski definition) is 0. The SMILES string of the molecule is C=CCCCCCCCCCCC.CCCCCCCCC(CCCCCCCC)CCC(=O)CCCCCCCOC[C@@H]1CCCN1CCCCCC(C)=O. The van der Waals surface area contributed by atoms with Gasteiger partial charge < -0.3 is 9.53 Å². The summed E-state index contributed by atoms with van der Waals surface area (Å²) in [5.41, 5.74) is 0. The average Bonchev–Trinajstić information content (AvgIpc) is 3.64. The summed E-state index contributed by atoms with van der Waals surface area (Å²) in [6, 6.07) is 0.593. The fraction of sp³-hybridized carbons (Fsp3) is 0.923. The molecular weight excluding hydrogens is 687 g/mol. The molecule has 1 heterocycles. The van der Waals surface area contributed by atoms with Crippen molar-refractivity contribution in [3.8, 4) is 0 Å². The smallest absolute Gasteiger partial charge is 0.132 e. The zero-order valence-corrected chi connectivity index (χ0v) is 38.8. The number of nitrogens with zero attached hydrogens (tertiary/aromatic N) is 1. The molecule has 0 unspecified atom stereocenters. The predicted octanol–water partition coefficient (Wildman–Crippen LogP) is 16.5. The van der Waals surface area contributed by atoms with Crippen LogP contribution in [0.4, 0.5) is 0 Å². The highest BCUT2D eigenvalue weighted by molar-refractivity contribution is 5.78. The second-order valence-corrected chi connectivity index (χ2v) is 17.9. The first-order valence-corrected chi connectivity index (χ1v) is 25.4. The lowest BCUT2D eigenvalue weighted by molar-refractivity contribution is -0.119. The Hall–Kier alpha value is -1.00. The van der Waals surface area contributed by atoms with Crippen molar-refractivity contribution >= 4 is 11.6 Å². The maximum absolute atomic E-state index is 12.7. The van der Waals surface area contributed by atoms with E-state index in [9.17, 15) is 9.59 Å². The van der Waals surface area contributed by atoms with Gasteiger partial charge in [0.2, 0.25) is 0 Å². The largest absolute Gasteiger partial charge is 0.380 e. The number of ether oxygens (including phenoxy) is 1. The molecule has 56 heavy (non-hydrogen) atoms. The molecule has 1 saturated heterocycles. The van der Waals surface area contributed by atoms with Crippen LogP contribution >= 0.6 is 0 Å². The zero-order valence-electron chi connectivity index (χ0n) is 38.8. The fourth-order valence-corrected chi connectivity index (χ4v) is 8.47. The van der Waals surface area contributed by atoms with E-state index >= 15 is 0 Å². The van der Waals surface area contributed by atoms with Crippen LogP contribution in [0.3, 0.4) is 0 Å². The first-order valence-electron chi connectivity index (χ1n) is 25.4. The van der Waals surface area contributed by atoms with E-state index in [1.54, 1.807) is 6.92 Å². The van der Waals surface area contributed by atoms with Crippen molar-refractivity contribution in [3.05, 3.63) is 12.7 Å². The molecule has 0 spiro atoms. The molecule has 1 aliphatic rings. The van der Waals surface area contributed by atoms with Gasteiger partial charge >= 0.3 is 0 Å². The molecule has 0 saturated carbocycles. The number of ketones is 2. The number of hydrogen-bond acceptors (Lipinski definition) is 4. The molecular formula is C52H101NO3. The number of carbonyl (C=O) groups is 2. The Kier molecular flexibility index (Phi) is 44.3. The molecule has 0 aromatic heterocycles. The summed E-state index contributed by atoms with van der Waals surface area (Å²) in [5, 5.41) is 0. The van der Waals surface area contributed by atoms with Crippen LogP contribution in [0.1, 0.15) is 272 Å². The topological polar surface area (TPSA) is 46.6 Å². The van der Waals surface area contributed by atoms with E-state index in [0.29, 0.717) is 17.6 Å². The van der Waals surface area contributed by atoms with Crippen molar-refractivity contribution in [1.82, 2.24) is 4.90 Å². The number of allylic oxidation sites excluding steroid dienone is 1. The average molecular weight is 788 g/mol. The summed E-state index contributed by atoms with van der Waals surface area (Å²) >= 11 is 0. The molecule has 0 aliphatic carbocycles. The number of unbranched alkanes of at least 4 members (excludes halogenated alkanes) is 25. The van der Waals surface area contributed by atoms with Crippen molar-refractivity contribution < 1.29 is 14.3 Å². The van der Waals surface area contributed by atoms with Crippen LogP contribution < -0.4 is 0 Å². The molecule has 0 aromatic rings. The van der Waals surface area contributed by atoms with Gasteiger partial charge in [-0.2, -0.15) is 0 Å². The minimum atomic E-state index is 0.317. The second kappa shape index (κ2) is 45.1. The summed E-state index contributed by atoms with van der Waals surface area (Å²) in [7, 11) is 0. The maximum Gasteiger partial charge on any atom is 0.132 e. The first-order chi connectivity index (χ1) is 27.5. The molecule has 0 bridgehead atoms. The van der Waals surface area contributed by atoms with E-state index in [1.807, 2.05) is 6.08 Å². The van der Waals surface area contributed by atoms with Gasteiger partial charge in [-0.05, 0) is 83.7 Å². The van der Waals surface area contributed by atoms with Crippen LogP contribution in [-0.4, -0.2) is 48.8 Å². The molecule has 4 nitrogen and oxygen atoms in total. The molecule has 0 radical (unpaired) electrons.